The molecule has 0 radical (unpaired) electrons. The van der Waals surface area contributed by atoms with Gasteiger partial charge in [-0.1, -0.05) is 11.6 Å². The van der Waals surface area contributed by atoms with Crippen molar-refractivity contribution in [1.82, 2.24) is 19.7 Å². The van der Waals surface area contributed by atoms with Crippen molar-refractivity contribution in [2.45, 2.75) is 26.4 Å². The Morgan fingerprint density at radius 2 is 2.28 bits per heavy atom. The summed E-state index contributed by atoms with van der Waals surface area (Å²) in [6.07, 6.45) is 3.46. The number of carbonyl (C=O) groups is 1. The summed E-state index contributed by atoms with van der Waals surface area (Å²) in [7, 11) is 0. The van der Waals surface area contributed by atoms with Gasteiger partial charge in [-0.2, -0.15) is 5.10 Å². The smallest absolute Gasteiger partial charge is 0.257 e. The quantitative estimate of drug-likeness (QED) is 0.572. The highest BCUT2D eigenvalue weighted by Crippen LogP contribution is 2.30. The number of ether oxygens (including phenoxy) is 1. The average Bonchev–Trinajstić information content (AvgIpc) is 3.37. The van der Waals surface area contributed by atoms with Crippen molar-refractivity contribution >= 4 is 17.5 Å². The summed E-state index contributed by atoms with van der Waals surface area (Å²) >= 11 is 5.96. The van der Waals surface area contributed by atoms with Crippen molar-refractivity contribution < 1.29 is 18.3 Å². The van der Waals surface area contributed by atoms with Gasteiger partial charge in [0.2, 0.25) is 0 Å². The maximum absolute atomic E-state index is 14.2. The van der Waals surface area contributed by atoms with E-state index in [0.717, 1.165) is 11.3 Å². The molecule has 0 spiro atoms. The number of hydrogen-bond donors (Lipinski definition) is 0. The van der Waals surface area contributed by atoms with Crippen LogP contribution in [0.25, 0.3) is 11.4 Å². The second-order valence-electron chi connectivity index (χ2n) is 6.67. The van der Waals surface area contributed by atoms with Crippen molar-refractivity contribution in [3.05, 3.63) is 58.5 Å². The maximum atomic E-state index is 14.2. The molecule has 0 aliphatic carbocycles. The van der Waals surface area contributed by atoms with E-state index in [1.165, 1.54) is 30.9 Å². The van der Waals surface area contributed by atoms with Crippen LogP contribution in [-0.4, -0.2) is 45.3 Å². The van der Waals surface area contributed by atoms with Crippen LogP contribution in [0.4, 0.5) is 4.39 Å². The first-order valence-corrected chi connectivity index (χ1v) is 9.75. The summed E-state index contributed by atoms with van der Waals surface area (Å²) in [5, 5.41) is 5.00. The SMILES string of the molecule is CCOCCn1nc(-c2cocn2)c2c1CCN(C(=O)c1cc(Cl)ccc1F)C2. The third-order valence-corrected chi connectivity index (χ3v) is 5.14. The molecule has 1 aliphatic rings. The van der Waals surface area contributed by atoms with Crippen LogP contribution in [0, 0.1) is 5.82 Å². The zero-order valence-electron chi connectivity index (χ0n) is 15.9. The molecule has 1 amide bonds. The van der Waals surface area contributed by atoms with Gasteiger partial charge in [0.25, 0.3) is 5.91 Å². The van der Waals surface area contributed by atoms with Gasteiger partial charge in [-0.25, -0.2) is 9.37 Å². The number of aromatic nitrogens is 3. The van der Waals surface area contributed by atoms with Gasteiger partial charge in [0, 0.05) is 35.9 Å². The summed E-state index contributed by atoms with van der Waals surface area (Å²) in [4.78, 5) is 18.8. The molecule has 3 aromatic rings. The molecule has 7 nitrogen and oxygen atoms in total. The van der Waals surface area contributed by atoms with Crippen LogP contribution in [0.1, 0.15) is 28.5 Å². The van der Waals surface area contributed by atoms with Gasteiger partial charge >= 0.3 is 0 Å². The first-order chi connectivity index (χ1) is 14.1. The minimum atomic E-state index is -0.589. The zero-order valence-corrected chi connectivity index (χ0v) is 16.7. The van der Waals surface area contributed by atoms with Gasteiger partial charge in [0.05, 0.1) is 25.3 Å². The molecule has 2 aromatic heterocycles. The lowest BCUT2D eigenvalue weighted by Gasteiger charge is -2.28. The van der Waals surface area contributed by atoms with E-state index >= 15 is 0 Å². The van der Waals surface area contributed by atoms with Crippen LogP contribution in [0.3, 0.4) is 0 Å². The van der Waals surface area contributed by atoms with Gasteiger partial charge in [0.15, 0.2) is 6.39 Å². The summed E-state index contributed by atoms with van der Waals surface area (Å²) in [5.41, 5.74) is 3.14. The van der Waals surface area contributed by atoms with Crippen molar-refractivity contribution in [1.29, 1.82) is 0 Å². The predicted octanol–water partition coefficient (Wildman–Crippen LogP) is 3.57. The maximum Gasteiger partial charge on any atom is 0.257 e. The largest absolute Gasteiger partial charge is 0.451 e. The van der Waals surface area contributed by atoms with Gasteiger partial charge in [0.1, 0.15) is 23.5 Å². The fraction of sp³-hybridized carbons (Fsp3) is 0.350. The number of fused-ring (bicyclic) bond motifs is 1. The Morgan fingerprint density at radius 1 is 1.41 bits per heavy atom. The molecule has 0 bridgehead atoms. The fourth-order valence-electron chi connectivity index (χ4n) is 3.51. The molecule has 0 saturated heterocycles. The van der Waals surface area contributed by atoms with Crippen molar-refractivity contribution in [3.63, 3.8) is 0 Å². The normalized spacial score (nSPS) is 13.6. The number of rotatable bonds is 6. The van der Waals surface area contributed by atoms with Crippen LogP contribution < -0.4 is 0 Å². The number of nitrogens with zero attached hydrogens (tertiary/aromatic N) is 4. The fourth-order valence-corrected chi connectivity index (χ4v) is 3.68. The van der Waals surface area contributed by atoms with E-state index in [-0.39, 0.29) is 5.56 Å². The number of hydrogen-bond acceptors (Lipinski definition) is 5. The topological polar surface area (TPSA) is 73.4 Å². The zero-order chi connectivity index (χ0) is 20.4. The van der Waals surface area contributed by atoms with E-state index < -0.39 is 11.7 Å². The average molecular weight is 419 g/mol. The van der Waals surface area contributed by atoms with Crippen LogP contribution >= 0.6 is 11.6 Å². The van der Waals surface area contributed by atoms with Gasteiger partial charge in [-0.05, 0) is 25.1 Å². The van der Waals surface area contributed by atoms with E-state index in [4.69, 9.17) is 20.8 Å². The first-order valence-electron chi connectivity index (χ1n) is 9.37. The third-order valence-electron chi connectivity index (χ3n) is 4.91. The summed E-state index contributed by atoms with van der Waals surface area (Å²) in [6, 6.07) is 3.99. The lowest BCUT2D eigenvalue weighted by molar-refractivity contribution is 0.0727. The molecule has 1 aliphatic heterocycles. The lowest BCUT2D eigenvalue weighted by Crippen LogP contribution is -2.37. The molecule has 29 heavy (non-hydrogen) atoms. The molecule has 0 atom stereocenters. The molecule has 4 rings (SSSR count). The predicted molar refractivity (Wildman–Crippen MR) is 104 cm³/mol. The number of oxazole rings is 1. The van der Waals surface area contributed by atoms with Crippen LogP contribution in [0.5, 0.6) is 0 Å². The summed E-state index contributed by atoms with van der Waals surface area (Å²) in [6.45, 7) is 4.47. The number of benzene rings is 1. The van der Waals surface area contributed by atoms with Gasteiger partial charge in [-0.3, -0.25) is 9.48 Å². The van der Waals surface area contributed by atoms with Crippen molar-refractivity contribution in [2.24, 2.45) is 0 Å². The monoisotopic (exact) mass is 418 g/mol. The molecule has 3 heterocycles. The van der Waals surface area contributed by atoms with Crippen LogP contribution in [0.15, 0.2) is 35.3 Å². The van der Waals surface area contributed by atoms with E-state index in [2.05, 4.69) is 10.1 Å². The molecule has 9 heteroatoms. The first kappa shape index (κ1) is 19.6. The van der Waals surface area contributed by atoms with Crippen molar-refractivity contribution in [2.75, 3.05) is 19.8 Å². The molecular weight excluding hydrogens is 399 g/mol. The lowest BCUT2D eigenvalue weighted by atomic mass is 10.0. The molecular formula is C20H20ClFN4O3. The highest BCUT2D eigenvalue weighted by molar-refractivity contribution is 6.31. The molecule has 0 unspecified atom stereocenters. The second kappa shape index (κ2) is 8.34. The van der Waals surface area contributed by atoms with E-state index in [9.17, 15) is 9.18 Å². The van der Waals surface area contributed by atoms with Crippen LogP contribution in [0.2, 0.25) is 5.02 Å². The molecule has 1 aromatic carbocycles. The van der Waals surface area contributed by atoms with Crippen LogP contribution in [-0.2, 0) is 24.2 Å². The standard InChI is InChI=1S/C20H20ClFN4O3/c1-2-28-8-7-26-18-5-6-25(20(27)14-9-13(21)3-4-16(14)22)10-15(18)19(24-26)17-11-29-12-23-17/h3-4,9,11-12H,2,5-8,10H2,1H3. The van der Waals surface area contributed by atoms with Gasteiger partial charge < -0.3 is 14.1 Å². The minimum Gasteiger partial charge on any atom is -0.451 e. The van der Waals surface area contributed by atoms with E-state index in [1.807, 2.05) is 11.6 Å². The molecule has 0 saturated carbocycles. The highest BCUT2D eigenvalue weighted by Gasteiger charge is 2.30. The molecule has 0 fully saturated rings. The Kier molecular flexibility index (Phi) is 5.64. The third kappa shape index (κ3) is 3.90. The Labute approximate surface area is 172 Å². The van der Waals surface area contributed by atoms with Crippen molar-refractivity contribution in [3.8, 4) is 11.4 Å². The Balaban J connectivity index is 1.65. The Hall–Kier alpha value is -2.71. The molecule has 152 valence electrons. The number of carbonyl (C=O) groups excluding carboxylic acids is 1. The highest BCUT2D eigenvalue weighted by atomic mass is 35.5. The minimum absolute atomic E-state index is 0.0346. The second-order valence-corrected chi connectivity index (χ2v) is 7.10. The van der Waals surface area contributed by atoms with E-state index in [0.29, 0.717) is 55.7 Å². The number of halogens is 2. The number of amides is 1. The summed E-state index contributed by atoms with van der Waals surface area (Å²) in [5.74, 6) is -0.988. The van der Waals surface area contributed by atoms with E-state index in [1.54, 1.807) is 4.90 Å². The Morgan fingerprint density at radius 3 is 3.03 bits per heavy atom. The van der Waals surface area contributed by atoms with Gasteiger partial charge in [-0.15, -0.1) is 0 Å². The molecule has 0 N–H and O–H groups in total. The Bertz CT molecular complexity index is 1020. The summed E-state index contributed by atoms with van der Waals surface area (Å²) < 4.78 is 26.7.